The normalized spacial score (nSPS) is 11.2. The summed E-state index contributed by atoms with van der Waals surface area (Å²) in [4.78, 5) is 3.83. The Kier molecular flexibility index (Phi) is 3.89. The standard InChI is InChI=1S/C11H8BrClN2O2S/c12-9-2-1-3-10(13)11(9)18(16,17)15-8-4-6-14-7-5-8/h1-7H,(H,14,15). The summed E-state index contributed by atoms with van der Waals surface area (Å²) in [6.45, 7) is 0. The first-order valence-electron chi connectivity index (χ1n) is 4.87. The third kappa shape index (κ3) is 2.82. The van der Waals surface area contributed by atoms with E-state index in [2.05, 4.69) is 25.6 Å². The van der Waals surface area contributed by atoms with Crippen molar-refractivity contribution in [2.75, 3.05) is 4.72 Å². The average Bonchev–Trinajstić information content (AvgIpc) is 2.28. The van der Waals surface area contributed by atoms with Gasteiger partial charge in [-0.3, -0.25) is 9.71 Å². The molecule has 0 aliphatic carbocycles. The van der Waals surface area contributed by atoms with E-state index in [9.17, 15) is 8.42 Å². The van der Waals surface area contributed by atoms with Crippen LogP contribution in [-0.4, -0.2) is 13.4 Å². The highest BCUT2D eigenvalue weighted by Crippen LogP contribution is 2.30. The van der Waals surface area contributed by atoms with Crippen molar-refractivity contribution in [2.24, 2.45) is 0 Å². The SMILES string of the molecule is O=S(=O)(Nc1ccncc1)c1c(Cl)cccc1Br. The molecule has 0 unspecified atom stereocenters. The molecule has 1 aromatic carbocycles. The van der Waals surface area contributed by atoms with Gasteiger partial charge in [-0.05, 0) is 40.2 Å². The fourth-order valence-electron chi connectivity index (χ4n) is 1.37. The number of sulfonamides is 1. The fraction of sp³-hybridized carbons (Fsp3) is 0. The molecule has 7 heteroatoms. The summed E-state index contributed by atoms with van der Waals surface area (Å²) in [5, 5.41) is 0.158. The van der Waals surface area contributed by atoms with E-state index in [1.165, 1.54) is 18.5 Å². The Bertz CT molecular complexity index is 642. The Hall–Kier alpha value is -1.11. The van der Waals surface area contributed by atoms with Crippen LogP contribution >= 0.6 is 27.5 Å². The topological polar surface area (TPSA) is 59.1 Å². The van der Waals surface area contributed by atoms with E-state index >= 15 is 0 Å². The minimum Gasteiger partial charge on any atom is -0.279 e. The quantitative estimate of drug-likeness (QED) is 0.927. The monoisotopic (exact) mass is 346 g/mol. The Morgan fingerprint density at radius 1 is 1.17 bits per heavy atom. The number of nitrogens with zero attached hydrogens (tertiary/aromatic N) is 1. The van der Waals surface area contributed by atoms with Crippen molar-refractivity contribution < 1.29 is 8.42 Å². The predicted molar refractivity (Wildman–Crippen MR) is 74.2 cm³/mol. The minimum absolute atomic E-state index is 0.0171. The molecule has 0 bridgehead atoms. The Balaban J connectivity index is 2.44. The van der Waals surface area contributed by atoms with Crippen molar-refractivity contribution in [3.8, 4) is 0 Å². The number of nitrogens with one attached hydrogen (secondary N) is 1. The minimum atomic E-state index is -3.73. The zero-order chi connectivity index (χ0) is 13.2. The maximum atomic E-state index is 12.2. The first-order valence-corrected chi connectivity index (χ1v) is 7.53. The molecule has 1 heterocycles. The molecule has 0 amide bonds. The zero-order valence-corrected chi connectivity index (χ0v) is 12.1. The maximum absolute atomic E-state index is 12.2. The van der Waals surface area contributed by atoms with Gasteiger partial charge < -0.3 is 0 Å². The third-order valence-corrected chi connectivity index (χ3v) is 4.95. The van der Waals surface area contributed by atoms with Gasteiger partial charge in [-0.25, -0.2) is 8.42 Å². The van der Waals surface area contributed by atoms with Crippen LogP contribution in [0.1, 0.15) is 0 Å². The van der Waals surface area contributed by atoms with Crippen LogP contribution in [0.4, 0.5) is 5.69 Å². The van der Waals surface area contributed by atoms with Crippen molar-refractivity contribution in [2.45, 2.75) is 4.90 Å². The predicted octanol–water partition coefficient (Wildman–Crippen LogP) is 3.30. The molecule has 0 radical (unpaired) electrons. The van der Waals surface area contributed by atoms with Crippen molar-refractivity contribution in [1.29, 1.82) is 0 Å². The lowest BCUT2D eigenvalue weighted by atomic mass is 10.4. The summed E-state index contributed by atoms with van der Waals surface area (Å²) >= 11 is 9.10. The molecule has 2 rings (SSSR count). The van der Waals surface area contributed by atoms with Gasteiger partial charge in [0.1, 0.15) is 4.90 Å². The number of anilines is 1. The number of hydrogen-bond donors (Lipinski definition) is 1. The molecule has 0 saturated carbocycles. The second-order valence-corrected chi connectivity index (χ2v) is 6.27. The second-order valence-electron chi connectivity index (χ2n) is 3.39. The summed E-state index contributed by atoms with van der Waals surface area (Å²) in [6.07, 6.45) is 3.00. The van der Waals surface area contributed by atoms with Gasteiger partial charge >= 0.3 is 0 Å². The van der Waals surface area contributed by atoms with Crippen LogP contribution in [-0.2, 0) is 10.0 Å². The molecule has 4 nitrogen and oxygen atoms in total. The van der Waals surface area contributed by atoms with Crippen LogP contribution in [0, 0.1) is 0 Å². The molecule has 1 N–H and O–H groups in total. The smallest absolute Gasteiger partial charge is 0.264 e. The van der Waals surface area contributed by atoms with Gasteiger partial charge in [0, 0.05) is 16.9 Å². The van der Waals surface area contributed by atoms with E-state index in [0.717, 1.165) is 0 Å². The molecule has 1 aromatic heterocycles. The fourth-order valence-corrected chi connectivity index (χ4v) is 4.16. The number of aromatic nitrogens is 1. The number of benzene rings is 1. The second kappa shape index (κ2) is 5.26. The summed E-state index contributed by atoms with van der Waals surface area (Å²) in [7, 11) is -3.73. The Morgan fingerprint density at radius 3 is 2.44 bits per heavy atom. The summed E-state index contributed by atoms with van der Waals surface area (Å²) < 4.78 is 27.2. The molecule has 0 spiro atoms. The molecule has 18 heavy (non-hydrogen) atoms. The summed E-state index contributed by atoms with van der Waals surface area (Å²) in [6, 6.07) is 7.92. The Morgan fingerprint density at radius 2 is 1.83 bits per heavy atom. The Labute approximate surface area is 118 Å². The average molecular weight is 348 g/mol. The third-order valence-electron chi connectivity index (χ3n) is 2.12. The van der Waals surface area contributed by atoms with Crippen molar-refractivity contribution >= 4 is 43.2 Å². The van der Waals surface area contributed by atoms with Gasteiger partial charge in [-0.2, -0.15) is 0 Å². The molecule has 2 aromatic rings. The molecule has 0 fully saturated rings. The van der Waals surface area contributed by atoms with Gasteiger partial charge in [-0.15, -0.1) is 0 Å². The van der Waals surface area contributed by atoms with Crippen molar-refractivity contribution in [3.05, 3.63) is 52.2 Å². The highest BCUT2D eigenvalue weighted by atomic mass is 79.9. The maximum Gasteiger partial charge on any atom is 0.264 e. The lowest BCUT2D eigenvalue weighted by Gasteiger charge is -2.10. The van der Waals surface area contributed by atoms with E-state index < -0.39 is 10.0 Å². The van der Waals surface area contributed by atoms with Crippen LogP contribution in [0.5, 0.6) is 0 Å². The van der Waals surface area contributed by atoms with Gasteiger partial charge in [0.05, 0.1) is 10.7 Å². The van der Waals surface area contributed by atoms with Crippen LogP contribution in [0.15, 0.2) is 52.1 Å². The van der Waals surface area contributed by atoms with Gasteiger partial charge in [0.2, 0.25) is 0 Å². The van der Waals surface area contributed by atoms with Crippen molar-refractivity contribution in [1.82, 2.24) is 4.98 Å². The molecule has 0 atom stereocenters. The molecule has 0 saturated heterocycles. The van der Waals surface area contributed by atoms with E-state index in [4.69, 9.17) is 11.6 Å². The van der Waals surface area contributed by atoms with E-state index in [1.807, 2.05) is 0 Å². The summed E-state index contributed by atoms with van der Waals surface area (Å²) in [5.41, 5.74) is 0.428. The van der Waals surface area contributed by atoms with Gasteiger partial charge in [0.15, 0.2) is 0 Å². The van der Waals surface area contributed by atoms with Gasteiger partial charge in [-0.1, -0.05) is 17.7 Å². The van der Waals surface area contributed by atoms with E-state index in [1.54, 1.807) is 24.3 Å². The molecule has 0 aliphatic rings. The molecule has 94 valence electrons. The van der Waals surface area contributed by atoms with Crippen LogP contribution in [0.2, 0.25) is 5.02 Å². The lowest BCUT2D eigenvalue weighted by Crippen LogP contribution is -2.14. The van der Waals surface area contributed by atoms with E-state index in [0.29, 0.717) is 10.2 Å². The number of pyridine rings is 1. The highest BCUT2D eigenvalue weighted by Gasteiger charge is 2.21. The molecule has 0 aliphatic heterocycles. The van der Waals surface area contributed by atoms with Crippen LogP contribution in [0.3, 0.4) is 0 Å². The van der Waals surface area contributed by atoms with E-state index in [-0.39, 0.29) is 9.92 Å². The zero-order valence-electron chi connectivity index (χ0n) is 8.97. The number of rotatable bonds is 3. The first-order chi connectivity index (χ1) is 8.50. The number of hydrogen-bond acceptors (Lipinski definition) is 3. The van der Waals surface area contributed by atoms with Gasteiger partial charge in [0.25, 0.3) is 10.0 Å². The lowest BCUT2D eigenvalue weighted by molar-refractivity contribution is 0.601. The van der Waals surface area contributed by atoms with Crippen LogP contribution in [0.25, 0.3) is 0 Å². The summed E-state index contributed by atoms with van der Waals surface area (Å²) in [5.74, 6) is 0. The largest absolute Gasteiger partial charge is 0.279 e. The number of halogens is 2. The molecular formula is C11H8BrClN2O2S. The molecular weight excluding hydrogens is 340 g/mol. The van der Waals surface area contributed by atoms with Crippen molar-refractivity contribution in [3.63, 3.8) is 0 Å². The highest BCUT2D eigenvalue weighted by molar-refractivity contribution is 9.10. The first kappa shape index (κ1) is 13.3. The van der Waals surface area contributed by atoms with Crippen LogP contribution < -0.4 is 4.72 Å².